The first kappa shape index (κ1) is 19.5. The molecule has 0 bridgehead atoms. The van der Waals surface area contributed by atoms with Crippen molar-refractivity contribution >= 4 is 17.6 Å². The largest absolute Gasteiger partial charge is 0.456 e. The van der Waals surface area contributed by atoms with Gasteiger partial charge in [0.05, 0.1) is 6.42 Å². The quantitative estimate of drug-likeness (QED) is 0.601. The third-order valence-electron chi connectivity index (χ3n) is 4.80. The van der Waals surface area contributed by atoms with E-state index in [-0.39, 0.29) is 25.7 Å². The normalized spacial score (nSPS) is 11.9. The third kappa shape index (κ3) is 4.78. The lowest BCUT2D eigenvalue weighted by Crippen LogP contribution is -2.22. The van der Waals surface area contributed by atoms with Gasteiger partial charge in [-0.1, -0.05) is 60.7 Å². The van der Waals surface area contributed by atoms with Crippen molar-refractivity contribution in [2.75, 3.05) is 18.7 Å². The smallest absolute Gasteiger partial charge is 0.307 e. The topological polar surface area (TPSA) is 73.9 Å². The Bertz CT molecular complexity index is 981. The minimum Gasteiger partial charge on any atom is -0.456 e. The van der Waals surface area contributed by atoms with Gasteiger partial charge in [0.2, 0.25) is 6.79 Å². The Labute approximate surface area is 174 Å². The molecule has 0 aliphatic carbocycles. The molecule has 1 amide bonds. The highest BCUT2D eigenvalue weighted by atomic mass is 16.7. The number of fused-ring (bicyclic) bond motifs is 1. The molecule has 0 aromatic heterocycles. The van der Waals surface area contributed by atoms with Gasteiger partial charge in [-0.25, -0.2) is 0 Å². The average molecular weight is 403 g/mol. The van der Waals surface area contributed by atoms with Crippen LogP contribution in [0.1, 0.15) is 23.5 Å². The van der Waals surface area contributed by atoms with Gasteiger partial charge in [-0.15, -0.1) is 0 Å². The Balaban J connectivity index is 1.35. The Hall–Kier alpha value is -3.80. The number of ether oxygens (including phenoxy) is 3. The van der Waals surface area contributed by atoms with Crippen LogP contribution in [0.3, 0.4) is 0 Å². The number of esters is 1. The molecule has 6 heteroatoms. The number of nitrogens with one attached hydrogen (secondary N) is 1. The van der Waals surface area contributed by atoms with Crippen LogP contribution in [-0.2, 0) is 14.3 Å². The second-order valence-corrected chi connectivity index (χ2v) is 6.85. The van der Waals surface area contributed by atoms with Crippen molar-refractivity contribution in [1.82, 2.24) is 0 Å². The summed E-state index contributed by atoms with van der Waals surface area (Å²) in [6.07, 6.45) is 0.144. The number of anilines is 1. The fourth-order valence-corrected chi connectivity index (χ4v) is 3.34. The van der Waals surface area contributed by atoms with Crippen LogP contribution in [0.5, 0.6) is 11.5 Å². The summed E-state index contributed by atoms with van der Waals surface area (Å²) in [5, 5.41) is 2.69. The molecule has 3 aromatic rings. The summed E-state index contributed by atoms with van der Waals surface area (Å²) < 4.78 is 15.8. The lowest BCUT2D eigenvalue weighted by Gasteiger charge is -2.17. The van der Waals surface area contributed by atoms with Crippen LogP contribution in [0, 0.1) is 0 Å². The van der Waals surface area contributed by atoms with E-state index in [1.807, 2.05) is 60.7 Å². The maximum atomic E-state index is 12.5. The summed E-state index contributed by atoms with van der Waals surface area (Å²) in [4.78, 5) is 24.7. The molecule has 0 unspecified atom stereocenters. The van der Waals surface area contributed by atoms with E-state index in [1.54, 1.807) is 18.2 Å². The molecule has 0 saturated heterocycles. The lowest BCUT2D eigenvalue weighted by atomic mass is 9.89. The fourth-order valence-electron chi connectivity index (χ4n) is 3.34. The van der Waals surface area contributed by atoms with Crippen LogP contribution in [0.4, 0.5) is 5.69 Å². The highest BCUT2D eigenvalue weighted by molar-refractivity contribution is 5.93. The Kier molecular flexibility index (Phi) is 5.94. The van der Waals surface area contributed by atoms with Gasteiger partial charge < -0.3 is 19.5 Å². The summed E-state index contributed by atoms with van der Waals surface area (Å²) in [5.74, 6) is 0.203. The van der Waals surface area contributed by atoms with E-state index in [2.05, 4.69) is 5.32 Å². The second-order valence-electron chi connectivity index (χ2n) is 6.85. The Morgan fingerprint density at radius 3 is 2.17 bits per heavy atom. The summed E-state index contributed by atoms with van der Waals surface area (Å²) in [6, 6.07) is 24.7. The summed E-state index contributed by atoms with van der Waals surface area (Å²) >= 11 is 0. The SMILES string of the molecule is O=C(COC(=O)CC(c1ccccc1)c1ccccc1)Nc1ccc2c(c1)OCO2. The van der Waals surface area contributed by atoms with Crippen LogP contribution in [0.15, 0.2) is 78.9 Å². The van der Waals surface area contributed by atoms with Gasteiger partial charge in [0.15, 0.2) is 18.1 Å². The van der Waals surface area contributed by atoms with Crippen LogP contribution in [0.25, 0.3) is 0 Å². The van der Waals surface area contributed by atoms with E-state index in [0.29, 0.717) is 17.2 Å². The minimum atomic E-state index is -0.437. The van der Waals surface area contributed by atoms with E-state index in [0.717, 1.165) is 11.1 Å². The first-order chi connectivity index (χ1) is 14.7. The Morgan fingerprint density at radius 1 is 0.867 bits per heavy atom. The maximum Gasteiger partial charge on any atom is 0.307 e. The molecule has 152 valence electrons. The predicted molar refractivity (Wildman–Crippen MR) is 111 cm³/mol. The van der Waals surface area contributed by atoms with Gasteiger partial charge in [-0.2, -0.15) is 0 Å². The number of hydrogen-bond acceptors (Lipinski definition) is 5. The molecule has 1 aliphatic heterocycles. The molecule has 1 N–H and O–H groups in total. The molecule has 1 aliphatic rings. The van der Waals surface area contributed by atoms with Gasteiger partial charge in [0, 0.05) is 17.7 Å². The zero-order chi connectivity index (χ0) is 20.8. The van der Waals surface area contributed by atoms with Crippen molar-refractivity contribution in [2.24, 2.45) is 0 Å². The molecule has 0 fully saturated rings. The van der Waals surface area contributed by atoms with Gasteiger partial charge in [-0.05, 0) is 23.3 Å². The van der Waals surface area contributed by atoms with E-state index < -0.39 is 11.9 Å². The Morgan fingerprint density at radius 2 is 1.50 bits per heavy atom. The van der Waals surface area contributed by atoms with Gasteiger partial charge in [0.1, 0.15) is 0 Å². The summed E-state index contributed by atoms with van der Waals surface area (Å²) in [5.41, 5.74) is 2.59. The molecular weight excluding hydrogens is 382 g/mol. The molecule has 0 saturated carbocycles. The van der Waals surface area contributed by atoms with Gasteiger partial charge in [-0.3, -0.25) is 9.59 Å². The van der Waals surface area contributed by atoms with Crippen molar-refractivity contribution in [3.05, 3.63) is 90.0 Å². The molecule has 30 heavy (non-hydrogen) atoms. The van der Waals surface area contributed by atoms with Crippen LogP contribution < -0.4 is 14.8 Å². The highest BCUT2D eigenvalue weighted by Gasteiger charge is 2.20. The van der Waals surface area contributed by atoms with Gasteiger partial charge in [0.25, 0.3) is 5.91 Å². The lowest BCUT2D eigenvalue weighted by molar-refractivity contribution is -0.147. The highest BCUT2D eigenvalue weighted by Crippen LogP contribution is 2.34. The number of carbonyl (C=O) groups excluding carboxylic acids is 2. The van der Waals surface area contributed by atoms with Crippen molar-refractivity contribution in [2.45, 2.75) is 12.3 Å². The summed E-state index contributed by atoms with van der Waals surface area (Å²) in [6.45, 7) is -0.197. The molecule has 0 radical (unpaired) electrons. The van der Waals surface area contributed by atoms with Crippen LogP contribution in [-0.4, -0.2) is 25.3 Å². The number of hydrogen-bond donors (Lipinski definition) is 1. The van der Waals surface area contributed by atoms with Crippen molar-refractivity contribution < 1.29 is 23.8 Å². The standard InChI is InChI=1S/C24H21NO5/c26-23(25-19-11-12-21-22(13-19)30-16-29-21)15-28-24(27)14-20(17-7-3-1-4-8-17)18-9-5-2-6-10-18/h1-13,20H,14-16H2,(H,25,26). The average Bonchev–Trinajstić information content (AvgIpc) is 3.25. The van der Waals surface area contributed by atoms with E-state index in [4.69, 9.17) is 14.2 Å². The molecule has 0 spiro atoms. The molecule has 1 heterocycles. The number of rotatable bonds is 7. The molecule has 6 nitrogen and oxygen atoms in total. The van der Waals surface area contributed by atoms with E-state index in [1.165, 1.54) is 0 Å². The van der Waals surface area contributed by atoms with E-state index >= 15 is 0 Å². The molecule has 4 rings (SSSR count). The molecule has 0 atom stereocenters. The van der Waals surface area contributed by atoms with Crippen molar-refractivity contribution in [3.8, 4) is 11.5 Å². The van der Waals surface area contributed by atoms with Crippen LogP contribution >= 0.6 is 0 Å². The van der Waals surface area contributed by atoms with Crippen molar-refractivity contribution in [3.63, 3.8) is 0 Å². The maximum absolute atomic E-state index is 12.5. The first-order valence-corrected chi connectivity index (χ1v) is 9.64. The summed E-state index contributed by atoms with van der Waals surface area (Å²) in [7, 11) is 0. The second kappa shape index (κ2) is 9.13. The number of benzene rings is 3. The van der Waals surface area contributed by atoms with Crippen LogP contribution in [0.2, 0.25) is 0 Å². The number of carbonyl (C=O) groups is 2. The minimum absolute atomic E-state index is 0.142. The molecular formula is C24H21NO5. The third-order valence-corrected chi connectivity index (χ3v) is 4.80. The van der Waals surface area contributed by atoms with E-state index in [9.17, 15) is 9.59 Å². The zero-order valence-electron chi connectivity index (χ0n) is 16.2. The fraction of sp³-hybridized carbons (Fsp3) is 0.167. The zero-order valence-corrected chi connectivity index (χ0v) is 16.2. The molecule has 3 aromatic carbocycles. The van der Waals surface area contributed by atoms with Gasteiger partial charge >= 0.3 is 5.97 Å². The predicted octanol–water partition coefficient (Wildman–Crippen LogP) is 4.12. The number of amides is 1. The van der Waals surface area contributed by atoms with Crippen molar-refractivity contribution in [1.29, 1.82) is 0 Å². The monoisotopic (exact) mass is 403 g/mol. The first-order valence-electron chi connectivity index (χ1n) is 9.64.